The normalized spacial score (nSPS) is 19.1. The number of hydrogen-bond donors (Lipinski definition) is 0. The van der Waals surface area contributed by atoms with E-state index in [1.807, 2.05) is 59.2 Å². The summed E-state index contributed by atoms with van der Waals surface area (Å²) in [5.41, 5.74) is 1.06. The van der Waals surface area contributed by atoms with Crippen LogP contribution in [0.5, 0.6) is 0 Å². The Bertz CT molecular complexity index is 820. The summed E-state index contributed by atoms with van der Waals surface area (Å²) >= 11 is 2.23. The standard InChI is InChI=1S/C18H21IN3O4/c1-3-24-17(23)16-12-18(26-20-16,14-5-4-6-15(19)11-14)25-10-9-22-8-7-21(2)13-22/h4-8,11,13H,3,9-10,12H2,1-2H3/q+1. The molecule has 0 bridgehead atoms. The first-order valence-corrected chi connectivity index (χ1v) is 9.43. The summed E-state index contributed by atoms with van der Waals surface area (Å²) in [6.45, 7) is 3.12. The minimum absolute atomic E-state index is 0.214. The molecular formula is C18H21IN3O4+. The van der Waals surface area contributed by atoms with Gasteiger partial charge in [0.05, 0.1) is 26.7 Å². The number of hydrogen-bond acceptors (Lipinski definition) is 5. The van der Waals surface area contributed by atoms with Crippen molar-refractivity contribution in [1.29, 1.82) is 0 Å². The van der Waals surface area contributed by atoms with Crippen LogP contribution in [-0.2, 0) is 38.5 Å². The maximum atomic E-state index is 12.0. The lowest BCUT2D eigenvalue weighted by molar-refractivity contribution is -0.671. The molecular weight excluding hydrogens is 449 g/mol. The van der Waals surface area contributed by atoms with Crippen molar-refractivity contribution in [3.05, 3.63) is 52.1 Å². The van der Waals surface area contributed by atoms with Gasteiger partial charge in [-0.05, 0) is 41.6 Å². The second-order valence-corrected chi connectivity index (χ2v) is 7.20. The second kappa shape index (κ2) is 8.17. The summed E-state index contributed by atoms with van der Waals surface area (Å²) in [4.78, 5) is 17.7. The van der Waals surface area contributed by atoms with Gasteiger partial charge in [-0.1, -0.05) is 17.3 Å². The van der Waals surface area contributed by atoms with Crippen LogP contribution in [0.4, 0.5) is 0 Å². The molecule has 0 radical (unpaired) electrons. The molecule has 8 heteroatoms. The zero-order valence-electron chi connectivity index (χ0n) is 14.7. The molecule has 2 aromatic rings. The fourth-order valence-electron chi connectivity index (χ4n) is 2.73. The zero-order chi connectivity index (χ0) is 18.6. The van der Waals surface area contributed by atoms with Crippen LogP contribution in [0.2, 0.25) is 0 Å². The summed E-state index contributed by atoms with van der Waals surface area (Å²) in [5.74, 6) is -1.58. The van der Waals surface area contributed by atoms with Crippen LogP contribution in [0.25, 0.3) is 0 Å². The summed E-state index contributed by atoms with van der Waals surface area (Å²) in [5, 5.41) is 3.95. The van der Waals surface area contributed by atoms with E-state index >= 15 is 0 Å². The van der Waals surface area contributed by atoms with Crippen LogP contribution in [0, 0.1) is 3.57 Å². The predicted molar refractivity (Wildman–Crippen MR) is 102 cm³/mol. The van der Waals surface area contributed by atoms with Crippen LogP contribution >= 0.6 is 22.6 Å². The van der Waals surface area contributed by atoms with E-state index in [0.29, 0.717) is 19.8 Å². The average molecular weight is 470 g/mol. The van der Waals surface area contributed by atoms with E-state index in [2.05, 4.69) is 27.7 Å². The largest absolute Gasteiger partial charge is 0.461 e. The Morgan fingerprint density at radius 3 is 3.04 bits per heavy atom. The molecule has 0 spiro atoms. The number of esters is 1. The van der Waals surface area contributed by atoms with Crippen LogP contribution in [0.3, 0.4) is 0 Å². The molecule has 3 rings (SSSR count). The van der Waals surface area contributed by atoms with E-state index in [-0.39, 0.29) is 12.1 Å². The molecule has 7 nitrogen and oxygen atoms in total. The Morgan fingerprint density at radius 2 is 2.35 bits per heavy atom. The van der Waals surface area contributed by atoms with E-state index < -0.39 is 11.8 Å². The van der Waals surface area contributed by atoms with Crippen LogP contribution in [0.1, 0.15) is 18.9 Å². The maximum absolute atomic E-state index is 12.0. The number of carbonyl (C=O) groups excluding carboxylic acids is 1. The molecule has 1 aliphatic rings. The Balaban J connectivity index is 1.76. The van der Waals surface area contributed by atoms with E-state index in [9.17, 15) is 4.79 Å². The van der Waals surface area contributed by atoms with Crippen molar-refractivity contribution >= 4 is 34.3 Å². The van der Waals surface area contributed by atoms with Gasteiger partial charge >= 0.3 is 5.97 Å². The lowest BCUT2D eigenvalue weighted by Crippen LogP contribution is -2.33. The third-order valence-electron chi connectivity index (χ3n) is 3.99. The number of ether oxygens (including phenoxy) is 2. The lowest BCUT2D eigenvalue weighted by Gasteiger charge is -2.27. The fourth-order valence-corrected chi connectivity index (χ4v) is 3.27. The fraction of sp³-hybridized carbons (Fsp3) is 0.389. The van der Waals surface area contributed by atoms with Crippen molar-refractivity contribution < 1.29 is 23.7 Å². The number of aromatic nitrogens is 2. The lowest BCUT2D eigenvalue weighted by atomic mass is 10.0. The molecule has 0 saturated carbocycles. The molecule has 1 aromatic heterocycles. The highest BCUT2D eigenvalue weighted by atomic mass is 127. The Morgan fingerprint density at radius 1 is 1.50 bits per heavy atom. The quantitative estimate of drug-likeness (QED) is 0.354. The predicted octanol–water partition coefficient (Wildman–Crippen LogP) is 2.13. The van der Waals surface area contributed by atoms with Crippen LogP contribution in [0.15, 0.2) is 48.1 Å². The minimum atomic E-state index is -1.11. The van der Waals surface area contributed by atoms with Gasteiger partial charge in [-0.15, -0.1) is 0 Å². The van der Waals surface area contributed by atoms with Gasteiger partial charge < -0.3 is 14.3 Å². The number of nitrogens with zero attached hydrogens (tertiary/aromatic N) is 3. The number of rotatable bonds is 7. The first kappa shape index (κ1) is 18.8. The Kier molecular flexibility index (Phi) is 5.92. The molecule has 138 valence electrons. The van der Waals surface area contributed by atoms with Crippen LogP contribution < -0.4 is 4.57 Å². The highest BCUT2D eigenvalue weighted by Gasteiger charge is 2.45. The SMILES string of the molecule is CCOC(=O)C1=NOC(OCCn2cc[n+](C)c2)(c2cccc(I)c2)C1. The smallest absolute Gasteiger partial charge is 0.356 e. The molecule has 0 saturated heterocycles. The molecule has 1 atom stereocenters. The average Bonchev–Trinajstić information content (AvgIpc) is 3.23. The van der Waals surface area contributed by atoms with Gasteiger partial charge in [0.2, 0.25) is 6.33 Å². The van der Waals surface area contributed by atoms with Crippen molar-refractivity contribution in [3.63, 3.8) is 0 Å². The molecule has 1 unspecified atom stereocenters. The van der Waals surface area contributed by atoms with Gasteiger partial charge in [0, 0.05) is 9.13 Å². The number of aryl methyl sites for hydroxylation is 1. The first-order chi connectivity index (χ1) is 12.5. The third kappa shape index (κ3) is 4.24. The highest BCUT2D eigenvalue weighted by Crippen LogP contribution is 2.37. The van der Waals surface area contributed by atoms with Crippen molar-refractivity contribution in [1.82, 2.24) is 4.57 Å². The monoisotopic (exact) mass is 470 g/mol. The summed E-state index contributed by atoms with van der Waals surface area (Å²) in [6, 6.07) is 7.81. The number of carbonyl (C=O) groups is 1. The Labute approximate surface area is 165 Å². The molecule has 0 amide bonds. The third-order valence-corrected chi connectivity index (χ3v) is 4.66. The van der Waals surface area contributed by atoms with Gasteiger partial charge in [-0.3, -0.25) is 0 Å². The van der Waals surface area contributed by atoms with Crippen molar-refractivity contribution in [2.24, 2.45) is 12.2 Å². The van der Waals surface area contributed by atoms with Gasteiger partial charge in [0.25, 0.3) is 5.79 Å². The molecule has 26 heavy (non-hydrogen) atoms. The molecule has 2 heterocycles. The van der Waals surface area contributed by atoms with Crippen molar-refractivity contribution in [2.45, 2.75) is 25.7 Å². The number of benzene rings is 1. The van der Waals surface area contributed by atoms with E-state index in [0.717, 1.165) is 9.13 Å². The van der Waals surface area contributed by atoms with Gasteiger partial charge in [-0.25, -0.2) is 13.9 Å². The maximum Gasteiger partial charge on any atom is 0.356 e. The minimum Gasteiger partial charge on any atom is -0.461 e. The summed E-state index contributed by atoms with van der Waals surface area (Å²) < 4.78 is 16.2. The number of halogens is 1. The molecule has 0 N–H and O–H groups in total. The molecule has 1 aromatic carbocycles. The highest BCUT2D eigenvalue weighted by molar-refractivity contribution is 14.1. The van der Waals surface area contributed by atoms with Crippen LogP contribution in [-0.4, -0.2) is 29.5 Å². The van der Waals surface area contributed by atoms with Gasteiger partial charge in [0.1, 0.15) is 18.9 Å². The van der Waals surface area contributed by atoms with Crippen molar-refractivity contribution in [3.8, 4) is 0 Å². The molecule has 0 fully saturated rings. The topological polar surface area (TPSA) is 65.9 Å². The van der Waals surface area contributed by atoms with E-state index in [4.69, 9.17) is 14.3 Å². The summed E-state index contributed by atoms with van der Waals surface area (Å²) in [7, 11) is 1.96. The number of oxime groups is 1. The van der Waals surface area contributed by atoms with Crippen molar-refractivity contribution in [2.75, 3.05) is 13.2 Å². The zero-order valence-corrected chi connectivity index (χ0v) is 16.9. The molecule has 1 aliphatic heterocycles. The number of imidazole rings is 1. The van der Waals surface area contributed by atoms with E-state index in [1.54, 1.807) is 6.92 Å². The first-order valence-electron chi connectivity index (χ1n) is 8.35. The Hall–Kier alpha value is -1.94. The van der Waals surface area contributed by atoms with Gasteiger partial charge in [0.15, 0.2) is 5.71 Å². The second-order valence-electron chi connectivity index (χ2n) is 5.96. The molecule has 0 aliphatic carbocycles. The van der Waals surface area contributed by atoms with Gasteiger partial charge in [-0.2, -0.15) is 0 Å². The summed E-state index contributed by atoms with van der Waals surface area (Å²) in [6.07, 6.45) is 6.11. The van der Waals surface area contributed by atoms with E-state index in [1.165, 1.54) is 0 Å².